The van der Waals surface area contributed by atoms with Gasteiger partial charge in [-0.05, 0) is 85.9 Å². The van der Waals surface area contributed by atoms with E-state index < -0.39 is 5.60 Å². The minimum atomic E-state index is -0.466. The Hall–Kier alpha value is -2.06. The number of hydrogen-bond donors (Lipinski definition) is 3. The largest absolute Gasteiger partial charge is 0.444 e. The van der Waals surface area contributed by atoms with Crippen molar-refractivity contribution in [2.24, 2.45) is 11.8 Å². The first-order chi connectivity index (χ1) is 15.7. The lowest BCUT2D eigenvalue weighted by Gasteiger charge is -2.29. The first-order valence-corrected chi connectivity index (χ1v) is 12.6. The Bertz CT molecular complexity index is 929. The molecule has 0 saturated heterocycles. The molecule has 1 amide bonds. The number of carbonyl (C=O) groups is 1. The molecule has 3 N–H and O–H groups in total. The highest BCUT2D eigenvalue weighted by atomic mass is 79.9. The molecule has 1 fully saturated rings. The van der Waals surface area contributed by atoms with E-state index in [9.17, 15) is 4.79 Å². The molecule has 0 aliphatic heterocycles. The number of amides is 1. The van der Waals surface area contributed by atoms with Gasteiger partial charge in [-0.25, -0.2) is 9.78 Å². The normalized spacial score (nSPS) is 18.5. The molecule has 1 aromatic carbocycles. The van der Waals surface area contributed by atoms with Crippen LogP contribution in [-0.4, -0.2) is 34.8 Å². The lowest BCUT2D eigenvalue weighted by molar-refractivity contribution is 0.0513. The number of nitrogens with zero attached hydrogens (tertiary/aromatic N) is 2. The van der Waals surface area contributed by atoms with Crippen LogP contribution in [0.3, 0.4) is 0 Å². The summed E-state index contributed by atoms with van der Waals surface area (Å²) in [5.41, 5.74) is 0.545. The molecule has 0 atom stereocenters. The Morgan fingerprint density at radius 3 is 2.45 bits per heavy atom. The predicted octanol–water partition coefficient (Wildman–Crippen LogP) is 6.25. The number of ether oxygens (including phenoxy) is 1. The van der Waals surface area contributed by atoms with Crippen molar-refractivity contribution in [1.82, 2.24) is 15.3 Å². The summed E-state index contributed by atoms with van der Waals surface area (Å²) in [4.78, 5) is 20.8. The third-order valence-corrected chi connectivity index (χ3v) is 6.55. The standard InChI is InChI=1S/C24H33BrClN5O2/c1-24(2,3)33-23(32)30-13-17-10-8-16(9-11-17)12-28-22-29-15-19(25)21(31-22)27-14-18-6-4-5-7-20(18)26/h4-7,15-17H,8-14H2,1-3H3,(H,30,32)(H2,27,28,29,31). The van der Waals surface area contributed by atoms with Crippen LogP contribution in [0.1, 0.15) is 52.0 Å². The summed E-state index contributed by atoms with van der Waals surface area (Å²) < 4.78 is 6.12. The maximum atomic E-state index is 11.8. The maximum absolute atomic E-state index is 11.8. The topological polar surface area (TPSA) is 88.2 Å². The van der Waals surface area contributed by atoms with Crippen LogP contribution in [0.15, 0.2) is 34.9 Å². The van der Waals surface area contributed by atoms with E-state index in [0.717, 1.165) is 53.1 Å². The number of carbonyl (C=O) groups excluding carboxylic acids is 1. The fourth-order valence-electron chi connectivity index (χ4n) is 3.81. The number of hydrogen-bond acceptors (Lipinski definition) is 6. The zero-order chi connectivity index (χ0) is 23.8. The van der Waals surface area contributed by atoms with Gasteiger partial charge in [-0.2, -0.15) is 4.98 Å². The zero-order valence-corrected chi connectivity index (χ0v) is 21.8. The Kier molecular flexibility index (Phi) is 9.20. The lowest BCUT2D eigenvalue weighted by Crippen LogP contribution is -2.36. The van der Waals surface area contributed by atoms with E-state index in [0.29, 0.717) is 30.9 Å². The molecular weight excluding hydrogens is 506 g/mol. The van der Waals surface area contributed by atoms with E-state index in [1.165, 1.54) is 0 Å². The van der Waals surface area contributed by atoms with Crippen LogP contribution < -0.4 is 16.0 Å². The first kappa shape index (κ1) is 25.6. The van der Waals surface area contributed by atoms with Crippen LogP contribution in [0.4, 0.5) is 16.6 Å². The molecule has 9 heteroatoms. The number of alkyl carbamates (subject to hydrolysis) is 1. The van der Waals surface area contributed by atoms with Gasteiger partial charge in [-0.1, -0.05) is 29.8 Å². The van der Waals surface area contributed by atoms with Crippen molar-refractivity contribution >= 4 is 45.4 Å². The van der Waals surface area contributed by atoms with Crippen molar-refractivity contribution in [3.05, 3.63) is 45.5 Å². The second kappa shape index (κ2) is 11.9. The number of aromatic nitrogens is 2. The number of nitrogens with one attached hydrogen (secondary N) is 3. The summed E-state index contributed by atoms with van der Waals surface area (Å²) in [6.07, 6.45) is 5.83. The van der Waals surface area contributed by atoms with Crippen LogP contribution in [0.5, 0.6) is 0 Å². The average Bonchev–Trinajstić information content (AvgIpc) is 2.77. The van der Waals surface area contributed by atoms with E-state index in [4.69, 9.17) is 16.3 Å². The lowest BCUT2D eigenvalue weighted by atomic mass is 9.82. The minimum Gasteiger partial charge on any atom is -0.444 e. The van der Waals surface area contributed by atoms with Gasteiger partial charge in [0.15, 0.2) is 0 Å². The molecule has 1 aliphatic carbocycles. The van der Waals surface area contributed by atoms with Gasteiger partial charge in [0.1, 0.15) is 11.4 Å². The Balaban J connectivity index is 1.41. The van der Waals surface area contributed by atoms with E-state index >= 15 is 0 Å². The smallest absolute Gasteiger partial charge is 0.407 e. The summed E-state index contributed by atoms with van der Waals surface area (Å²) in [5, 5.41) is 10.3. The van der Waals surface area contributed by atoms with Crippen LogP contribution in [-0.2, 0) is 11.3 Å². The van der Waals surface area contributed by atoms with Crippen molar-refractivity contribution < 1.29 is 9.53 Å². The molecule has 3 rings (SSSR count). The molecule has 0 unspecified atom stereocenters. The van der Waals surface area contributed by atoms with Crippen molar-refractivity contribution in [2.45, 2.75) is 58.6 Å². The van der Waals surface area contributed by atoms with Crippen molar-refractivity contribution in [2.75, 3.05) is 23.7 Å². The minimum absolute atomic E-state index is 0.336. The number of rotatable bonds is 8. The van der Waals surface area contributed by atoms with Gasteiger partial charge in [0.25, 0.3) is 0 Å². The fraction of sp³-hybridized carbons (Fsp3) is 0.542. The highest BCUT2D eigenvalue weighted by Crippen LogP contribution is 2.29. The quantitative estimate of drug-likeness (QED) is 0.368. The first-order valence-electron chi connectivity index (χ1n) is 11.4. The molecule has 1 saturated carbocycles. The molecule has 180 valence electrons. The van der Waals surface area contributed by atoms with Crippen LogP contribution in [0.2, 0.25) is 5.02 Å². The van der Waals surface area contributed by atoms with Gasteiger partial charge in [-0.3, -0.25) is 0 Å². The van der Waals surface area contributed by atoms with Crippen LogP contribution in [0.25, 0.3) is 0 Å². The summed E-state index contributed by atoms with van der Waals surface area (Å²) in [5.74, 6) is 2.39. The van der Waals surface area contributed by atoms with E-state index in [1.807, 2.05) is 45.0 Å². The third-order valence-electron chi connectivity index (χ3n) is 5.60. The molecule has 2 aromatic rings. The molecule has 1 heterocycles. The summed E-state index contributed by atoms with van der Waals surface area (Å²) in [6.45, 7) is 7.70. The molecule has 0 radical (unpaired) electrons. The second-order valence-electron chi connectivity index (χ2n) is 9.49. The second-order valence-corrected chi connectivity index (χ2v) is 10.7. The number of halogens is 2. The van der Waals surface area contributed by atoms with Gasteiger partial charge in [0, 0.05) is 30.9 Å². The van der Waals surface area contributed by atoms with Crippen LogP contribution in [0, 0.1) is 11.8 Å². The van der Waals surface area contributed by atoms with Gasteiger partial charge >= 0.3 is 6.09 Å². The van der Waals surface area contributed by atoms with E-state index in [2.05, 4.69) is 41.8 Å². The van der Waals surface area contributed by atoms with E-state index in [-0.39, 0.29) is 6.09 Å². The number of benzene rings is 1. The Morgan fingerprint density at radius 1 is 1.12 bits per heavy atom. The summed E-state index contributed by atoms with van der Waals surface area (Å²) in [6, 6.07) is 7.75. The van der Waals surface area contributed by atoms with E-state index in [1.54, 1.807) is 6.20 Å². The van der Waals surface area contributed by atoms with Crippen molar-refractivity contribution in [3.8, 4) is 0 Å². The van der Waals surface area contributed by atoms with Gasteiger partial charge in [0.05, 0.1) is 4.47 Å². The van der Waals surface area contributed by atoms with Crippen molar-refractivity contribution in [1.29, 1.82) is 0 Å². The maximum Gasteiger partial charge on any atom is 0.407 e. The fourth-order valence-corrected chi connectivity index (χ4v) is 4.35. The predicted molar refractivity (Wildman–Crippen MR) is 137 cm³/mol. The Morgan fingerprint density at radius 2 is 1.79 bits per heavy atom. The SMILES string of the molecule is CC(C)(C)OC(=O)NCC1CCC(CNc2ncc(Br)c(NCc3ccccc3Cl)n2)CC1. The van der Waals surface area contributed by atoms with Crippen LogP contribution >= 0.6 is 27.5 Å². The third kappa shape index (κ3) is 8.66. The highest BCUT2D eigenvalue weighted by molar-refractivity contribution is 9.10. The summed E-state index contributed by atoms with van der Waals surface area (Å²) >= 11 is 9.75. The molecule has 1 aromatic heterocycles. The molecule has 0 bridgehead atoms. The number of anilines is 2. The average molecular weight is 539 g/mol. The Labute approximate surface area is 209 Å². The monoisotopic (exact) mass is 537 g/mol. The van der Waals surface area contributed by atoms with Gasteiger partial charge < -0.3 is 20.7 Å². The molecule has 1 aliphatic rings. The molecular formula is C24H33BrClN5O2. The van der Waals surface area contributed by atoms with Gasteiger partial charge in [0.2, 0.25) is 5.95 Å². The molecule has 0 spiro atoms. The highest BCUT2D eigenvalue weighted by Gasteiger charge is 2.23. The molecule has 33 heavy (non-hydrogen) atoms. The van der Waals surface area contributed by atoms with Gasteiger partial charge in [-0.15, -0.1) is 0 Å². The zero-order valence-electron chi connectivity index (χ0n) is 19.5. The van der Waals surface area contributed by atoms with Crippen molar-refractivity contribution in [3.63, 3.8) is 0 Å². The molecule has 7 nitrogen and oxygen atoms in total. The summed E-state index contributed by atoms with van der Waals surface area (Å²) in [7, 11) is 0.